The summed E-state index contributed by atoms with van der Waals surface area (Å²) >= 11 is 5.69. The molecular formula is C24H26N4O3S. The van der Waals surface area contributed by atoms with Gasteiger partial charge in [0, 0.05) is 18.3 Å². The molecule has 4 rings (SSSR count). The summed E-state index contributed by atoms with van der Waals surface area (Å²) in [6.45, 7) is 1.73. The summed E-state index contributed by atoms with van der Waals surface area (Å²) in [5.74, 6) is 0.411. The zero-order valence-corrected chi connectivity index (χ0v) is 18.9. The highest BCUT2D eigenvalue weighted by Gasteiger charge is 2.41. The Morgan fingerprint density at radius 3 is 2.78 bits per heavy atom. The molecule has 1 fully saturated rings. The predicted molar refractivity (Wildman–Crippen MR) is 126 cm³/mol. The molecule has 2 aromatic heterocycles. The summed E-state index contributed by atoms with van der Waals surface area (Å²) in [6.07, 6.45) is 2.73. The van der Waals surface area contributed by atoms with Crippen molar-refractivity contribution in [1.82, 2.24) is 20.1 Å². The lowest BCUT2D eigenvalue weighted by Crippen LogP contribution is -2.32. The second-order valence-corrected chi connectivity index (χ2v) is 8.45. The van der Waals surface area contributed by atoms with Crippen LogP contribution in [-0.4, -0.2) is 58.2 Å². The van der Waals surface area contributed by atoms with Crippen molar-refractivity contribution in [3.05, 3.63) is 77.8 Å². The standard InChI is InChI=1S/C24H26N4O3S/c1-27(2)13-6-14-28-22(21(26-24(28)32)18-9-3-4-12-25-18)20-11-10-19(31-20)16-7-5-8-17(15-16)23(29)30/h3-5,7-12,15,21-22H,6,13-14H2,1-2H3,(H,26,32)(H,29,30)/t21-,22+/m0/s1. The van der Waals surface area contributed by atoms with Crippen molar-refractivity contribution in [1.29, 1.82) is 0 Å². The summed E-state index contributed by atoms with van der Waals surface area (Å²) in [5.41, 5.74) is 1.83. The quantitative estimate of drug-likeness (QED) is 0.499. The molecule has 0 bridgehead atoms. The second kappa shape index (κ2) is 9.50. The summed E-state index contributed by atoms with van der Waals surface area (Å²) in [7, 11) is 4.11. The van der Waals surface area contributed by atoms with E-state index in [2.05, 4.69) is 34.2 Å². The molecule has 0 unspecified atom stereocenters. The number of hydrogen-bond donors (Lipinski definition) is 2. The Hall–Kier alpha value is -3.23. The van der Waals surface area contributed by atoms with Gasteiger partial charge in [0.15, 0.2) is 5.11 Å². The van der Waals surface area contributed by atoms with Crippen LogP contribution in [0.4, 0.5) is 0 Å². The minimum Gasteiger partial charge on any atom is -0.478 e. The maximum Gasteiger partial charge on any atom is 0.335 e. The highest BCUT2D eigenvalue weighted by atomic mass is 32.1. The number of aromatic nitrogens is 1. The Kier molecular flexibility index (Phi) is 6.53. The Morgan fingerprint density at radius 1 is 1.22 bits per heavy atom. The average molecular weight is 451 g/mol. The van der Waals surface area contributed by atoms with Crippen LogP contribution in [0.5, 0.6) is 0 Å². The van der Waals surface area contributed by atoms with Crippen LogP contribution in [0, 0.1) is 0 Å². The number of benzene rings is 1. The van der Waals surface area contributed by atoms with Gasteiger partial charge in [-0.15, -0.1) is 0 Å². The maximum atomic E-state index is 11.4. The number of carbonyl (C=O) groups is 1. The lowest BCUT2D eigenvalue weighted by molar-refractivity contribution is 0.0697. The molecule has 0 saturated carbocycles. The van der Waals surface area contributed by atoms with E-state index >= 15 is 0 Å². The van der Waals surface area contributed by atoms with Crippen LogP contribution >= 0.6 is 12.2 Å². The van der Waals surface area contributed by atoms with E-state index in [4.69, 9.17) is 16.6 Å². The van der Waals surface area contributed by atoms with Crippen LogP contribution in [-0.2, 0) is 0 Å². The van der Waals surface area contributed by atoms with Crippen molar-refractivity contribution in [2.45, 2.75) is 18.5 Å². The van der Waals surface area contributed by atoms with Crippen LogP contribution in [0.2, 0.25) is 0 Å². The molecule has 1 aromatic carbocycles. The van der Waals surface area contributed by atoms with Gasteiger partial charge in [0.1, 0.15) is 17.6 Å². The Labute approximate surface area is 192 Å². The van der Waals surface area contributed by atoms with Crippen molar-refractivity contribution >= 4 is 23.3 Å². The fourth-order valence-electron chi connectivity index (χ4n) is 3.98. The SMILES string of the molecule is CN(C)CCCN1C(=S)N[C@@H](c2ccccn2)[C@H]1c1ccc(-c2cccc(C(=O)O)c2)o1. The monoisotopic (exact) mass is 450 g/mol. The molecule has 166 valence electrons. The number of aromatic carboxylic acids is 1. The molecule has 0 radical (unpaired) electrons. The van der Waals surface area contributed by atoms with Crippen LogP contribution in [0.25, 0.3) is 11.3 Å². The predicted octanol–water partition coefficient (Wildman–Crippen LogP) is 3.96. The van der Waals surface area contributed by atoms with E-state index in [0.29, 0.717) is 10.9 Å². The molecule has 2 atom stereocenters. The van der Waals surface area contributed by atoms with Crippen LogP contribution in [0.15, 0.2) is 65.2 Å². The first kappa shape index (κ1) is 22.0. The van der Waals surface area contributed by atoms with Crippen molar-refractivity contribution < 1.29 is 14.3 Å². The third-order valence-corrected chi connectivity index (χ3v) is 5.87. The number of thiocarbonyl (C=S) groups is 1. The molecule has 3 heterocycles. The minimum atomic E-state index is -0.966. The Morgan fingerprint density at radius 2 is 2.06 bits per heavy atom. The van der Waals surface area contributed by atoms with E-state index < -0.39 is 5.97 Å². The fourth-order valence-corrected chi connectivity index (χ4v) is 4.32. The molecule has 1 aliphatic heterocycles. The van der Waals surface area contributed by atoms with Gasteiger partial charge in [0.05, 0.1) is 17.3 Å². The van der Waals surface area contributed by atoms with E-state index in [-0.39, 0.29) is 17.6 Å². The van der Waals surface area contributed by atoms with Gasteiger partial charge in [0.2, 0.25) is 0 Å². The highest BCUT2D eigenvalue weighted by Crippen LogP contribution is 2.40. The van der Waals surface area contributed by atoms with Gasteiger partial charge in [-0.25, -0.2) is 4.79 Å². The summed E-state index contributed by atoms with van der Waals surface area (Å²) in [4.78, 5) is 20.2. The lowest BCUT2D eigenvalue weighted by Gasteiger charge is -2.26. The Bertz CT molecular complexity index is 1100. The lowest BCUT2D eigenvalue weighted by atomic mass is 10.0. The molecule has 0 aliphatic carbocycles. The van der Waals surface area contributed by atoms with Crippen molar-refractivity contribution in [2.24, 2.45) is 0 Å². The van der Waals surface area contributed by atoms with E-state index in [1.54, 1.807) is 24.4 Å². The zero-order chi connectivity index (χ0) is 22.7. The number of carboxylic acids is 1. The molecule has 3 aromatic rings. The number of pyridine rings is 1. The average Bonchev–Trinajstić information content (AvgIpc) is 3.39. The van der Waals surface area contributed by atoms with Crippen LogP contribution in [0.3, 0.4) is 0 Å². The summed E-state index contributed by atoms with van der Waals surface area (Å²) < 4.78 is 6.27. The highest BCUT2D eigenvalue weighted by molar-refractivity contribution is 7.80. The molecule has 2 N–H and O–H groups in total. The van der Waals surface area contributed by atoms with Gasteiger partial charge in [-0.1, -0.05) is 18.2 Å². The first-order chi connectivity index (χ1) is 15.4. The third kappa shape index (κ3) is 4.66. The summed E-state index contributed by atoms with van der Waals surface area (Å²) in [6, 6.07) is 16.1. The van der Waals surface area contributed by atoms with Gasteiger partial charge < -0.3 is 24.6 Å². The molecule has 1 aliphatic rings. The van der Waals surface area contributed by atoms with Crippen molar-refractivity contribution in [3.63, 3.8) is 0 Å². The van der Waals surface area contributed by atoms with Gasteiger partial charge in [0.25, 0.3) is 0 Å². The number of nitrogens with one attached hydrogen (secondary N) is 1. The van der Waals surface area contributed by atoms with Gasteiger partial charge >= 0.3 is 5.97 Å². The molecule has 7 nitrogen and oxygen atoms in total. The number of rotatable bonds is 8. The van der Waals surface area contributed by atoms with Gasteiger partial charge in [-0.3, -0.25) is 4.98 Å². The molecule has 1 saturated heterocycles. The molecular weight excluding hydrogens is 424 g/mol. The largest absolute Gasteiger partial charge is 0.478 e. The normalized spacial score (nSPS) is 18.2. The topological polar surface area (TPSA) is 81.8 Å². The second-order valence-electron chi connectivity index (χ2n) is 8.06. The molecule has 0 spiro atoms. The summed E-state index contributed by atoms with van der Waals surface area (Å²) in [5, 5.41) is 13.4. The van der Waals surface area contributed by atoms with Crippen molar-refractivity contribution in [2.75, 3.05) is 27.2 Å². The third-order valence-electron chi connectivity index (χ3n) is 5.51. The first-order valence-corrected chi connectivity index (χ1v) is 10.9. The molecule has 0 amide bonds. The molecule has 32 heavy (non-hydrogen) atoms. The van der Waals surface area contributed by atoms with Crippen LogP contribution < -0.4 is 5.32 Å². The fraction of sp³-hybridized carbons (Fsp3) is 0.292. The Balaban J connectivity index is 1.67. The maximum absolute atomic E-state index is 11.4. The van der Waals surface area contributed by atoms with E-state index in [0.717, 1.165) is 36.5 Å². The van der Waals surface area contributed by atoms with E-state index in [1.165, 1.54) is 0 Å². The van der Waals surface area contributed by atoms with Gasteiger partial charge in [-0.05, 0) is 75.7 Å². The van der Waals surface area contributed by atoms with Crippen molar-refractivity contribution in [3.8, 4) is 11.3 Å². The number of nitrogens with zero attached hydrogens (tertiary/aromatic N) is 3. The smallest absolute Gasteiger partial charge is 0.335 e. The number of hydrogen-bond acceptors (Lipinski definition) is 5. The zero-order valence-electron chi connectivity index (χ0n) is 18.1. The molecule has 8 heteroatoms. The van der Waals surface area contributed by atoms with E-state index in [9.17, 15) is 9.90 Å². The van der Waals surface area contributed by atoms with Gasteiger partial charge in [-0.2, -0.15) is 0 Å². The van der Waals surface area contributed by atoms with E-state index in [1.807, 2.05) is 36.4 Å². The minimum absolute atomic E-state index is 0.146. The number of furan rings is 1. The number of carboxylic acid groups (broad SMARTS) is 1. The van der Waals surface area contributed by atoms with Crippen LogP contribution in [0.1, 0.15) is 40.3 Å². The first-order valence-electron chi connectivity index (χ1n) is 10.5.